The van der Waals surface area contributed by atoms with E-state index in [1.165, 1.54) is 6.07 Å². The van der Waals surface area contributed by atoms with E-state index in [4.69, 9.17) is 4.74 Å². The molecule has 0 radical (unpaired) electrons. The summed E-state index contributed by atoms with van der Waals surface area (Å²) in [6.07, 6.45) is 1.06. The maximum Gasteiger partial charge on any atom is 0.128 e. The Hall–Kier alpha value is -0.930. The summed E-state index contributed by atoms with van der Waals surface area (Å²) in [7, 11) is 0. The minimum Gasteiger partial charge on any atom is -0.374 e. The van der Waals surface area contributed by atoms with Gasteiger partial charge in [0.2, 0.25) is 0 Å². The van der Waals surface area contributed by atoms with Crippen LogP contribution in [-0.2, 0) is 11.3 Å². The van der Waals surface area contributed by atoms with E-state index in [1.54, 1.807) is 12.1 Å². The molecule has 2 unspecified atom stereocenters. The van der Waals surface area contributed by atoms with Gasteiger partial charge in [0.05, 0.1) is 12.7 Å². The zero-order valence-corrected chi connectivity index (χ0v) is 10.9. The summed E-state index contributed by atoms with van der Waals surface area (Å²) >= 11 is 0. The van der Waals surface area contributed by atoms with E-state index in [1.807, 2.05) is 13.0 Å². The van der Waals surface area contributed by atoms with Gasteiger partial charge in [-0.25, -0.2) is 4.39 Å². The summed E-state index contributed by atoms with van der Waals surface area (Å²) < 4.78 is 19.0. The number of rotatable bonds is 7. The molecule has 0 aromatic heterocycles. The Morgan fingerprint density at radius 1 is 1.29 bits per heavy atom. The van der Waals surface area contributed by atoms with Crippen molar-refractivity contribution < 1.29 is 9.13 Å². The smallest absolute Gasteiger partial charge is 0.128 e. The number of benzene rings is 1. The van der Waals surface area contributed by atoms with Crippen molar-refractivity contribution in [3.63, 3.8) is 0 Å². The Morgan fingerprint density at radius 3 is 2.65 bits per heavy atom. The van der Waals surface area contributed by atoms with E-state index < -0.39 is 0 Å². The lowest BCUT2D eigenvalue weighted by Gasteiger charge is -2.18. The second-order valence-electron chi connectivity index (χ2n) is 4.41. The highest BCUT2D eigenvalue weighted by molar-refractivity contribution is 5.16. The van der Waals surface area contributed by atoms with Gasteiger partial charge in [0.15, 0.2) is 0 Å². The fourth-order valence-electron chi connectivity index (χ4n) is 1.85. The van der Waals surface area contributed by atoms with E-state index in [0.717, 1.165) is 13.0 Å². The zero-order valence-electron chi connectivity index (χ0n) is 10.9. The summed E-state index contributed by atoms with van der Waals surface area (Å²) in [6.45, 7) is 7.54. The van der Waals surface area contributed by atoms with Crippen LogP contribution in [0.4, 0.5) is 4.39 Å². The highest BCUT2D eigenvalue weighted by Gasteiger charge is 2.09. The molecule has 0 saturated carbocycles. The molecule has 2 atom stereocenters. The molecule has 0 aliphatic rings. The van der Waals surface area contributed by atoms with Crippen molar-refractivity contribution >= 4 is 0 Å². The molecule has 1 aromatic rings. The van der Waals surface area contributed by atoms with E-state index in [-0.39, 0.29) is 11.9 Å². The summed E-state index contributed by atoms with van der Waals surface area (Å²) in [5.41, 5.74) is 0.621. The number of hydrogen-bond acceptors (Lipinski definition) is 2. The zero-order chi connectivity index (χ0) is 12.7. The highest BCUT2D eigenvalue weighted by atomic mass is 19.1. The summed E-state index contributed by atoms with van der Waals surface area (Å²) in [6, 6.07) is 7.17. The second-order valence-corrected chi connectivity index (χ2v) is 4.41. The molecule has 0 heterocycles. The second kappa shape index (κ2) is 7.41. The van der Waals surface area contributed by atoms with Crippen molar-refractivity contribution in [2.45, 2.75) is 45.9 Å². The highest BCUT2D eigenvalue weighted by Crippen LogP contribution is 2.11. The topological polar surface area (TPSA) is 21.3 Å². The van der Waals surface area contributed by atoms with Gasteiger partial charge < -0.3 is 10.1 Å². The fourth-order valence-corrected chi connectivity index (χ4v) is 1.85. The first-order valence-electron chi connectivity index (χ1n) is 6.21. The van der Waals surface area contributed by atoms with Gasteiger partial charge >= 0.3 is 0 Å². The van der Waals surface area contributed by atoms with Gasteiger partial charge in [-0.15, -0.1) is 0 Å². The van der Waals surface area contributed by atoms with Crippen LogP contribution in [0.2, 0.25) is 0 Å². The van der Waals surface area contributed by atoms with Gasteiger partial charge in [-0.2, -0.15) is 0 Å². The Balaban J connectivity index is 2.33. The number of hydrogen-bond donors (Lipinski definition) is 1. The molecule has 0 aliphatic carbocycles. The average molecular weight is 239 g/mol. The maximum absolute atomic E-state index is 13.3. The predicted octanol–water partition coefficient (Wildman–Crippen LogP) is 3.12. The molecule has 1 rings (SSSR count). The monoisotopic (exact) mass is 239 g/mol. The molecule has 0 amide bonds. The number of nitrogens with one attached hydrogen (secondary N) is 1. The van der Waals surface area contributed by atoms with Gasteiger partial charge in [-0.3, -0.25) is 0 Å². The first kappa shape index (κ1) is 14.1. The summed E-state index contributed by atoms with van der Waals surface area (Å²) in [5, 5.41) is 3.33. The first-order valence-corrected chi connectivity index (χ1v) is 6.21. The van der Waals surface area contributed by atoms with Crippen LogP contribution in [0.5, 0.6) is 0 Å². The third-order valence-electron chi connectivity index (χ3n) is 2.72. The molecule has 2 nitrogen and oxygen atoms in total. The van der Waals surface area contributed by atoms with Crippen LogP contribution >= 0.6 is 0 Å². The van der Waals surface area contributed by atoms with Crippen LogP contribution in [0.15, 0.2) is 24.3 Å². The lowest BCUT2D eigenvalue weighted by atomic mass is 10.1. The average Bonchev–Trinajstić information content (AvgIpc) is 2.28. The summed E-state index contributed by atoms with van der Waals surface area (Å²) in [5.74, 6) is -0.195. The van der Waals surface area contributed by atoms with Crippen molar-refractivity contribution in [2.75, 3.05) is 6.54 Å². The third kappa shape index (κ3) is 5.29. The Bertz CT molecular complexity index is 330. The predicted molar refractivity (Wildman–Crippen MR) is 68.4 cm³/mol. The van der Waals surface area contributed by atoms with Crippen LogP contribution in [-0.4, -0.2) is 18.7 Å². The van der Waals surface area contributed by atoms with Crippen molar-refractivity contribution in [3.05, 3.63) is 35.6 Å². The number of halogens is 1. The summed E-state index contributed by atoms with van der Waals surface area (Å²) in [4.78, 5) is 0. The van der Waals surface area contributed by atoms with Crippen LogP contribution in [0, 0.1) is 5.82 Å². The lowest BCUT2D eigenvalue weighted by Crippen LogP contribution is -2.29. The SMILES string of the molecule is CCNC(C)CC(C)OCc1ccccc1F. The van der Waals surface area contributed by atoms with E-state index in [2.05, 4.69) is 19.2 Å². The van der Waals surface area contributed by atoms with E-state index in [9.17, 15) is 4.39 Å². The standard InChI is InChI=1S/C14H22FNO/c1-4-16-11(2)9-12(3)17-10-13-7-5-6-8-14(13)15/h5-8,11-12,16H,4,9-10H2,1-3H3. The molecule has 3 heteroatoms. The van der Waals surface area contributed by atoms with Crippen LogP contribution in [0.3, 0.4) is 0 Å². The molecule has 17 heavy (non-hydrogen) atoms. The third-order valence-corrected chi connectivity index (χ3v) is 2.72. The first-order chi connectivity index (χ1) is 8.13. The Morgan fingerprint density at radius 2 is 2.00 bits per heavy atom. The molecule has 0 spiro atoms. The molecule has 96 valence electrons. The lowest BCUT2D eigenvalue weighted by molar-refractivity contribution is 0.0405. The van der Waals surface area contributed by atoms with Crippen LogP contribution in [0.1, 0.15) is 32.8 Å². The molecule has 0 saturated heterocycles. The molecule has 1 N–H and O–H groups in total. The van der Waals surface area contributed by atoms with E-state index in [0.29, 0.717) is 18.2 Å². The molecular weight excluding hydrogens is 217 g/mol. The Kier molecular flexibility index (Phi) is 6.16. The molecule has 0 aliphatic heterocycles. The maximum atomic E-state index is 13.3. The van der Waals surface area contributed by atoms with E-state index >= 15 is 0 Å². The van der Waals surface area contributed by atoms with Crippen molar-refractivity contribution in [1.29, 1.82) is 0 Å². The normalized spacial score (nSPS) is 14.6. The van der Waals surface area contributed by atoms with Gasteiger partial charge in [-0.1, -0.05) is 25.1 Å². The van der Waals surface area contributed by atoms with Crippen LogP contribution in [0.25, 0.3) is 0 Å². The van der Waals surface area contributed by atoms with Gasteiger partial charge in [0.25, 0.3) is 0 Å². The Labute approximate surface area is 103 Å². The fraction of sp³-hybridized carbons (Fsp3) is 0.571. The van der Waals surface area contributed by atoms with Crippen LogP contribution < -0.4 is 5.32 Å². The van der Waals surface area contributed by atoms with Gasteiger partial charge in [0, 0.05) is 11.6 Å². The van der Waals surface area contributed by atoms with Crippen molar-refractivity contribution in [3.8, 4) is 0 Å². The van der Waals surface area contributed by atoms with Gasteiger partial charge in [-0.05, 0) is 32.9 Å². The van der Waals surface area contributed by atoms with Gasteiger partial charge in [0.1, 0.15) is 5.82 Å². The molecule has 0 fully saturated rings. The quantitative estimate of drug-likeness (QED) is 0.789. The molecule has 1 aromatic carbocycles. The van der Waals surface area contributed by atoms with Crippen molar-refractivity contribution in [2.24, 2.45) is 0 Å². The molecule has 0 bridgehead atoms. The molecular formula is C14H22FNO. The minimum absolute atomic E-state index is 0.128. The number of ether oxygens (including phenoxy) is 1. The largest absolute Gasteiger partial charge is 0.374 e. The minimum atomic E-state index is -0.195. The van der Waals surface area contributed by atoms with Crippen molar-refractivity contribution in [1.82, 2.24) is 5.32 Å².